The maximum Gasteiger partial charge on any atom is 0.341 e. The molecule has 2 aliphatic rings. The number of esters is 1. The highest BCUT2D eigenvalue weighted by Gasteiger charge is 2.31. The van der Waals surface area contributed by atoms with Gasteiger partial charge in [-0.1, -0.05) is 24.3 Å². The number of carbonyl (C=O) groups is 1. The van der Waals surface area contributed by atoms with Gasteiger partial charge < -0.3 is 9.64 Å². The number of anilines is 1. The van der Waals surface area contributed by atoms with Crippen LogP contribution in [0.25, 0.3) is 10.9 Å². The summed E-state index contributed by atoms with van der Waals surface area (Å²) in [6.07, 6.45) is 7.28. The van der Waals surface area contributed by atoms with Crippen molar-refractivity contribution in [1.82, 2.24) is 9.88 Å². The third kappa shape index (κ3) is 3.21. The zero-order valence-electron chi connectivity index (χ0n) is 16.4. The molecule has 5 nitrogen and oxygen atoms in total. The van der Waals surface area contributed by atoms with Gasteiger partial charge in [-0.2, -0.15) is 0 Å². The number of ether oxygens (including phenoxy) is 1. The zero-order valence-corrected chi connectivity index (χ0v) is 16.4. The van der Waals surface area contributed by atoms with Crippen LogP contribution in [0, 0.1) is 13.8 Å². The van der Waals surface area contributed by atoms with Crippen LogP contribution in [0.1, 0.15) is 34.8 Å². The highest BCUT2D eigenvalue weighted by atomic mass is 16.5. The SMILES string of the molecule is CCOC(=O)c1cnc2c(C)c(C)ccc2c1N1CCC(N2CC=CC2)C1. The number of hydrogen-bond acceptors (Lipinski definition) is 5. The maximum atomic E-state index is 12.6. The molecule has 3 heterocycles. The minimum absolute atomic E-state index is 0.286. The van der Waals surface area contributed by atoms with Gasteiger partial charge in [0, 0.05) is 43.8 Å². The first-order chi connectivity index (χ1) is 13.1. The lowest BCUT2D eigenvalue weighted by Gasteiger charge is -2.26. The molecule has 2 aromatic rings. The third-order valence-electron chi connectivity index (χ3n) is 5.87. The average Bonchev–Trinajstić information content (AvgIpc) is 3.35. The van der Waals surface area contributed by atoms with E-state index >= 15 is 0 Å². The number of benzene rings is 1. The predicted molar refractivity (Wildman–Crippen MR) is 109 cm³/mol. The minimum Gasteiger partial charge on any atom is -0.462 e. The molecule has 27 heavy (non-hydrogen) atoms. The molecule has 0 bridgehead atoms. The van der Waals surface area contributed by atoms with Crippen LogP contribution >= 0.6 is 0 Å². The number of rotatable bonds is 4. The van der Waals surface area contributed by atoms with E-state index < -0.39 is 0 Å². The summed E-state index contributed by atoms with van der Waals surface area (Å²) in [5.74, 6) is -0.286. The molecule has 0 radical (unpaired) electrons. The van der Waals surface area contributed by atoms with E-state index in [1.165, 1.54) is 11.1 Å². The first-order valence-corrected chi connectivity index (χ1v) is 9.80. The Hall–Kier alpha value is -2.40. The summed E-state index contributed by atoms with van der Waals surface area (Å²) < 4.78 is 5.33. The first-order valence-electron chi connectivity index (χ1n) is 9.80. The summed E-state index contributed by atoms with van der Waals surface area (Å²) in [6, 6.07) is 4.74. The van der Waals surface area contributed by atoms with E-state index in [1.807, 2.05) is 6.92 Å². The van der Waals surface area contributed by atoms with E-state index in [9.17, 15) is 4.79 Å². The standard InChI is InChI=1S/C22H27N3O2/c1-4-27-22(26)19-13-23-20-16(3)15(2)7-8-18(20)21(19)25-12-9-17(14-25)24-10-5-6-11-24/h5-8,13,17H,4,9-12,14H2,1-3H3. The molecule has 5 heteroatoms. The second kappa shape index (κ2) is 7.31. The van der Waals surface area contributed by atoms with E-state index in [1.54, 1.807) is 6.20 Å². The van der Waals surface area contributed by atoms with Crippen molar-refractivity contribution in [2.75, 3.05) is 37.7 Å². The Morgan fingerprint density at radius 3 is 2.78 bits per heavy atom. The Morgan fingerprint density at radius 2 is 2.04 bits per heavy atom. The average molecular weight is 365 g/mol. The van der Waals surface area contributed by atoms with Gasteiger partial charge in [-0.05, 0) is 38.3 Å². The number of fused-ring (bicyclic) bond motifs is 1. The van der Waals surface area contributed by atoms with Crippen molar-refractivity contribution in [3.8, 4) is 0 Å². The number of aromatic nitrogens is 1. The van der Waals surface area contributed by atoms with E-state index in [0.29, 0.717) is 18.2 Å². The van der Waals surface area contributed by atoms with Gasteiger partial charge in [0.15, 0.2) is 0 Å². The monoisotopic (exact) mass is 365 g/mol. The van der Waals surface area contributed by atoms with E-state index in [4.69, 9.17) is 4.74 Å². The lowest BCUT2D eigenvalue weighted by Crippen LogP contribution is -2.36. The quantitative estimate of drug-likeness (QED) is 0.613. The molecular formula is C22H27N3O2. The van der Waals surface area contributed by atoms with Crippen molar-refractivity contribution in [2.45, 2.75) is 33.2 Å². The molecule has 0 amide bonds. The second-order valence-electron chi connectivity index (χ2n) is 7.46. The van der Waals surface area contributed by atoms with E-state index in [2.05, 4.69) is 52.9 Å². The molecule has 1 aromatic heterocycles. The zero-order chi connectivity index (χ0) is 19.0. The number of carbonyl (C=O) groups excluding carboxylic acids is 1. The van der Waals surface area contributed by atoms with Crippen molar-refractivity contribution >= 4 is 22.6 Å². The van der Waals surface area contributed by atoms with Gasteiger partial charge in [0.2, 0.25) is 0 Å². The van der Waals surface area contributed by atoms with Crippen LogP contribution in [-0.2, 0) is 4.74 Å². The van der Waals surface area contributed by atoms with Gasteiger partial charge in [0.25, 0.3) is 0 Å². The van der Waals surface area contributed by atoms with Crippen LogP contribution in [0.15, 0.2) is 30.5 Å². The van der Waals surface area contributed by atoms with Crippen LogP contribution in [-0.4, -0.2) is 54.7 Å². The third-order valence-corrected chi connectivity index (χ3v) is 5.87. The van der Waals surface area contributed by atoms with Gasteiger partial charge in [0.1, 0.15) is 5.56 Å². The lowest BCUT2D eigenvalue weighted by atomic mass is 10.0. The van der Waals surface area contributed by atoms with Gasteiger partial charge in [-0.3, -0.25) is 9.88 Å². The molecule has 0 aliphatic carbocycles. The van der Waals surface area contributed by atoms with Crippen molar-refractivity contribution in [3.63, 3.8) is 0 Å². The van der Waals surface area contributed by atoms with Gasteiger partial charge in [0.05, 0.1) is 17.8 Å². The fourth-order valence-corrected chi connectivity index (χ4v) is 4.23. The highest BCUT2D eigenvalue weighted by molar-refractivity contribution is 6.06. The lowest BCUT2D eigenvalue weighted by molar-refractivity contribution is 0.0527. The molecule has 4 rings (SSSR count). The van der Waals surface area contributed by atoms with Gasteiger partial charge in [-0.25, -0.2) is 4.79 Å². The molecule has 0 spiro atoms. The summed E-state index contributed by atoms with van der Waals surface area (Å²) in [7, 11) is 0. The van der Waals surface area contributed by atoms with Crippen molar-refractivity contribution < 1.29 is 9.53 Å². The van der Waals surface area contributed by atoms with Gasteiger partial charge in [-0.15, -0.1) is 0 Å². The van der Waals surface area contributed by atoms with Crippen LogP contribution in [0.2, 0.25) is 0 Å². The Balaban J connectivity index is 1.77. The molecule has 1 saturated heterocycles. The Bertz CT molecular complexity index is 898. The molecule has 1 unspecified atom stereocenters. The van der Waals surface area contributed by atoms with Crippen LogP contribution in [0.4, 0.5) is 5.69 Å². The normalized spacial score (nSPS) is 20.0. The summed E-state index contributed by atoms with van der Waals surface area (Å²) in [5, 5.41) is 1.05. The summed E-state index contributed by atoms with van der Waals surface area (Å²) in [6.45, 7) is 10.3. The topological polar surface area (TPSA) is 45.7 Å². The number of nitrogens with zero attached hydrogens (tertiary/aromatic N) is 3. The van der Waals surface area contributed by atoms with Crippen molar-refractivity contribution in [2.24, 2.45) is 0 Å². The molecular weight excluding hydrogens is 338 g/mol. The minimum atomic E-state index is -0.286. The summed E-state index contributed by atoms with van der Waals surface area (Å²) in [4.78, 5) is 22.1. The second-order valence-corrected chi connectivity index (χ2v) is 7.46. The Morgan fingerprint density at radius 1 is 1.26 bits per heavy atom. The molecule has 2 aliphatic heterocycles. The highest BCUT2D eigenvalue weighted by Crippen LogP contribution is 2.35. The molecule has 1 aromatic carbocycles. The smallest absolute Gasteiger partial charge is 0.341 e. The Kier molecular flexibility index (Phi) is 4.87. The molecule has 1 fully saturated rings. The number of hydrogen-bond donors (Lipinski definition) is 0. The molecule has 142 valence electrons. The molecule has 0 N–H and O–H groups in total. The molecule has 0 saturated carbocycles. The fraction of sp³-hybridized carbons (Fsp3) is 0.455. The van der Waals surface area contributed by atoms with Crippen molar-refractivity contribution in [1.29, 1.82) is 0 Å². The molecule has 1 atom stereocenters. The van der Waals surface area contributed by atoms with Crippen molar-refractivity contribution in [3.05, 3.63) is 47.2 Å². The maximum absolute atomic E-state index is 12.6. The number of pyridine rings is 1. The van der Waals surface area contributed by atoms with Crippen LogP contribution in [0.3, 0.4) is 0 Å². The van der Waals surface area contributed by atoms with Crippen LogP contribution < -0.4 is 4.90 Å². The largest absolute Gasteiger partial charge is 0.462 e. The Labute approximate surface area is 160 Å². The number of aryl methyl sites for hydroxylation is 2. The summed E-state index contributed by atoms with van der Waals surface area (Å²) in [5.41, 5.74) is 4.92. The van der Waals surface area contributed by atoms with E-state index in [-0.39, 0.29) is 5.97 Å². The summed E-state index contributed by atoms with van der Waals surface area (Å²) >= 11 is 0. The first kappa shape index (κ1) is 18.0. The predicted octanol–water partition coefficient (Wildman–Crippen LogP) is 3.48. The van der Waals surface area contributed by atoms with Crippen LogP contribution in [0.5, 0.6) is 0 Å². The fourth-order valence-electron chi connectivity index (χ4n) is 4.23. The van der Waals surface area contributed by atoms with Gasteiger partial charge >= 0.3 is 5.97 Å². The van der Waals surface area contributed by atoms with E-state index in [0.717, 1.165) is 49.2 Å².